The largest absolute Gasteiger partial charge is 0.369 e. The number of carbonyl (C=O) groups excluding carboxylic acids is 2. The minimum atomic E-state index is -0.231. The number of nitrogens with two attached hydrogens (primary N) is 1. The van der Waals surface area contributed by atoms with Crippen molar-refractivity contribution in [2.45, 2.75) is 31.7 Å². The van der Waals surface area contributed by atoms with Crippen molar-refractivity contribution in [2.75, 3.05) is 0 Å². The summed E-state index contributed by atoms with van der Waals surface area (Å²) >= 11 is 6.75. The first-order valence-electron chi connectivity index (χ1n) is 6.52. The molecule has 4 nitrogen and oxygen atoms in total. The number of hydrogen-bond acceptors (Lipinski definition) is 2. The molecule has 20 heavy (non-hydrogen) atoms. The van der Waals surface area contributed by atoms with Crippen LogP contribution in [0, 0.1) is 5.92 Å². The highest BCUT2D eigenvalue weighted by Crippen LogP contribution is 2.25. The fourth-order valence-electron chi connectivity index (χ4n) is 2.46. The molecule has 0 bridgehead atoms. The Balaban J connectivity index is 1.94. The van der Waals surface area contributed by atoms with E-state index in [1.165, 1.54) is 0 Å². The standard InChI is InChI=1S/C14H16Br2N2O2/c15-9-3-6-11(12(16)7-9)14(20)18-10-4-1-8(2-5-10)13(17)19/h3,6-8,10H,1-2,4-5H2,(H2,17,19)(H,18,20). The van der Waals surface area contributed by atoms with Gasteiger partial charge in [-0.2, -0.15) is 0 Å². The van der Waals surface area contributed by atoms with Gasteiger partial charge < -0.3 is 11.1 Å². The summed E-state index contributed by atoms with van der Waals surface area (Å²) in [5, 5.41) is 3.02. The molecule has 1 saturated carbocycles. The molecule has 0 aromatic heterocycles. The first-order chi connectivity index (χ1) is 9.47. The predicted molar refractivity (Wildman–Crippen MR) is 84.2 cm³/mol. The van der Waals surface area contributed by atoms with Crippen LogP contribution >= 0.6 is 31.9 Å². The summed E-state index contributed by atoms with van der Waals surface area (Å²) in [4.78, 5) is 23.3. The lowest BCUT2D eigenvalue weighted by atomic mass is 9.85. The number of hydrogen-bond donors (Lipinski definition) is 2. The number of rotatable bonds is 3. The number of nitrogens with one attached hydrogen (secondary N) is 1. The molecule has 1 aliphatic carbocycles. The van der Waals surface area contributed by atoms with E-state index in [1.54, 1.807) is 6.07 Å². The van der Waals surface area contributed by atoms with Gasteiger partial charge in [-0.15, -0.1) is 0 Å². The van der Waals surface area contributed by atoms with Gasteiger partial charge in [0.1, 0.15) is 0 Å². The molecule has 1 fully saturated rings. The summed E-state index contributed by atoms with van der Waals surface area (Å²) in [6.07, 6.45) is 3.10. The van der Waals surface area contributed by atoms with Crippen molar-refractivity contribution in [3.05, 3.63) is 32.7 Å². The van der Waals surface area contributed by atoms with Gasteiger partial charge >= 0.3 is 0 Å². The zero-order valence-corrected chi connectivity index (χ0v) is 14.0. The van der Waals surface area contributed by atoms with Gasteiger partial charge in [-0.25, -0.2) is 0 Å². The summed E-state index contributed by atoms with van der Waals surface area (Å²) < 4.78 is 1.68. The lowest BCUT2D eigenvalue weighted by Crippen LogP contribution is -2.39. The molecule has 0 atom stereocenters. The highest BCUT2D eigenvalue weighted by molar-refractivity contribution is 9.11. The molecule has 2 rings (SSSR count). The first kappa shape index (κ1) is 15.5. The van der Waals surface area contributed by atoms with Crippen LogP contribution in [0.15, 0.2) is 27.1 Å². The summed E-state index contributed by atoms with van der Waals surface area (Å²) in [6.45, 7) is 0. The third-order valence-electron chi connectivity index (χ3n) is 3.64. The van der Waals surface area contributed by atoms with Gasteiger partial charge in [0.25, 0.3) is 5.91 Å². The summed E-state index contributed by atoms with van der Waals surface area (Å²) in [6, 6.07) is 5.58. The van der Waals surface area contributed by atoms with Crippen molar-refractivity contribution in [3.8, 4) is 0 Å². The van der Waals surface area contributed by atoms with Crippen molar-refractivity contribution in [3.63, 3.8) is 0 Å². The highest BCUT2D eigenvalue weighted by atomic mass is 79.9. The Kier molecular flexibility index (Phi) is 5.21. The maximum atomic E-state index is 12.2. The van der Waals surface area contributed by atoms with Crippen molar-refractivity contribution in [2.24, 2.45) is 11.7 Å². The van der Waals surface area contributed by atoms with Crippen LogP contribution in [0.25, 0.3) is 0 Å². The van der Waals surface area contributed by atoms with E-state index in [2.05, 4.69) is 37.2 Å². The van der Waals surface area contributed by atoms with Crippen molar-refractivity contribution in [1.82, 2.24) is 5.32 Å². The third-order valence-corrected chi connectivity index (χ3v) is 4.79. The SMILES string of the molecule is NC(=O)C1CCC(NC(=O)c2ccc(Br)cc2Br)CC1. The fourth-order valence-corrected chi connectivity index (χ4v) is 3.69. The Morgan fingerprint density at radius 1 is 1.15 bits per heavy atom. The Morgan fingerprint density at radius 2 is 1.80 bits per heavy atom. The lowest BCUT2D eigenvalue weighted by Gasteiger charge is -2.27. The van der Waals surface area contributed by atoms with Gasteiger partial charge in [-0.05, 0) is 59.8 Å². The van der Waals surface area contributed by atoms with E-state index in [0.29, 0.717) is 5.56 Å². The summed E-state index contributed by atoms with van der Waals surface area (Å²) in [5.41, 5.74) is 5.92. The van der Waals surface area contributed by atoms with Gasteiger partial charge in [0.15, 0.2) is 0 Å². The Labute approximate surface area is 134 Å². The normalized spacial score (nSPS) is 22.3. The van der Waals surface area contributed by atoms with Crippen molar-refractivity contribution < 1.29 is 9.59 Å². The number of primary amides is 1. The van der Waals surface area contributed by atoms with E-state index < -0.39 is 0 Å². The maximum absolute atomic E-state index is 12.2. The molecule has 0 radical (unpaired) electrons. The number of amides is 2. The van der Waals surface area contributed by atoms with E-state index >= 15 is 0 Å². The van der Waals surface area contributed by atoms with E-state index in [0.717, 1.165) is 34.6 Å². The van der Waals surface area contributed by atoms with E-state index in [-0.39, 0.29) is 23.8 Å². The van der Waals surface area contributed by atoms with Gasteiger partial charge in [0.05, 0.1) is 5.56 Å². The zero-order valence-electron chi connectivity index (χ0n) is 10.9. The smallest absolute Gasteiger partial charge is 0.252 e. The second-order valence-electron chi connectivity index (χ2n) is 5.05. The van der Waals surface area contributed by atoms with Crippen LogP contribution in [0.4, 0.5) is 0 Å². The molecule has 3 N–H and O–H groups in total. The molecule has 6 heteroatoms. The van der Waals surface area contributed by atoms with Crippen LogP contribution in [-0.4, -0.2) is 17.9 Å². The molecule has 2 amide bonds. The van der Waals surface area contributed by atoms with Gasteiger partial charge in [-0.1, -0.05) is 15.9 Å². The molecule has 1 aliphatic rings. The Morgan fingerprint density at radius 3 is 2.35 bits per heavy atom. The van der Waals surface area contributed by atoms with Crippen molar-refractivity contribution >= 4 is 43.7 Å². The van der Waals surface area contributed by atoms with E-state index in [9.17, 15) is 9.59 Å². The van der Waals surface area contributed by atoms with Crippen LogP contribution in [-0.2, 0) is 4.79 Å². The molecule has 0 saturated heterocycles. The van der Waals surface area contributed by atoms with Gasteiger partial charge in [0, 0.05) is 20.9 Å². The van der Waals surface area contributed by atoms with Gasteiger partial charge in [-0.3, -0.25) is 9.59 Å². The predicted octanol–water partition coefficient (Wildman–Crippen LogP) is 2.99. The monoisotopic (exact) mass is 402 g/mol. The molecule has 1 aromatic rings. The minimum absolute atomic E-state index is 0.0393. The minimum Gasteiger partial charge on any atom is -0.369 e. The first-order valence-corrected chi connectivity index (χ1v) is 8.11. The quantitative estimate of drug-likeness (QED) is 0.814. The second-order valence-corrected chi connectivity index (χ2v) is 6.82. The molecule has 0 unspecified atom stereocenters. The Bertz CT molecular complexity index is 526. The highest BCUT2D eigenvalue weighted by Gasteiger charge is 2.26. The molecule has 1 aromatic carbocycles. The number of benzene rings is 1. The number of halogens is 2. The molecule has 0 aliphatic heterocycles. The fraction of sp³-hybridized carbons (Fsp3) is 0.429. The molecular weight excluding hydrogens is 388 g/mol. The van der Waals surface area contributed by atoms with Crippen LogP contribution in [0.2, 0.25) is 0 Å². The second kappa shape index (κ2) is 6.72. The van der Waals surface area contributed by atoms with Crippen LogP contribution in [0.3, 0.4) is 0 Å². The topological polar surface area (TPSA) is 72.2 Å². The summed E-state index contributed by atoms with van der Waals surface area (Å²) in [7, 11) is 0. The van der Waals surface area contributed by atoms with Crippen molar-refractivity contribution in [1.29, 1.82) is 0 Å². The maximum Gasteiger partial charge on any atom is 0.252 e. The van der Waals surface area contributed by atoms with E-state index in [4.69, 9.17) is 5.73 Å². The van der Waals surface area contributed by atoms with Gasteiger partial charge in [0.2, 0.25) is 5.91 Å². The molecule has 0 spiro atoms. The summed E-state index contributed by atoms with van der Waals surface area (Å²) in [5.74, 6) is -0.361. The molecule has 108 valence electrons. The van der Waals surface area contributed by atoms with Crippen LogP contribution < -0.4 is 11.1 Å². The van der Waals surface area contributed by atoms with Crippen LogP contribution in [0.1, 0.15) is 36.0 Å². The molecular formula is C14H16Br2N2O2. The Hall–Kier alpha value is -0.880. The number of carbonyl (C=O) groups is 2. The average Bonchev–Trinajstić information content (AvgIpc) is 2.39. The lowest BCUT2D eigenvalue weighted by molar-refractivity contribution is -0.122. The third kappa shape index (κ3) is 3.82. The zero-order chi connectivity index (χ0) is 14.7. The van der Waals surface area contributed by atoms with Crippen LogP contribution in [0.5, 0.6) is 0 Å². The molecule has 0 heterocycles. The van der Waals surface area contributed by atoms with E-state index in [1.807, 2.05) is 12.1 Å². The average molecular weight is 404 g/mol.